The van der Waals surface area contributed by atoms with Crippen LogP contribution in [-0.4, -0.2) is 11.7 Å². The van der Waals surface area contributed by atoms with Crippen LogP contribution in [0.25, 0.3) is 0 Å². The summed E-state index contributed by atoms with van der Waals surface area (Å²) in [7, 11) is 0. The Morgan fingerprint density at radius 3 is 2.29 bits per heavy atom. The fourth-order valence-electron chi connectivity index (χ4n) is 1.70. The van der Waals surface area contributed by atoms with E-state index in [0.29, 0.717) is 0 Å². The van der Waals surface area contributed by atoms with Crippen LogP contribution in [0.3, 0.4) is 0 Å². The smallest absolute Gasteiger partial charge is 0.0431 e. The highest BCUT2D eigenvalue weighted by Gasteiger charge is 2.05. The number of aliphatic hydroxyl groups is 1. The minimum Gasteiger partial charge on any atom is -0.396 e. The molecule has 0 aliphatic rings. The quantitative estimate of drug-likeness (QED) is 0.769. The topological polar surface area (TPSA) is 46.2 Å². The average Bonchev–Trinajstić information content (AvgIpc) is 2.12. The van der Waals surface area contributed by atoms with E-state index in [0.717, 1.165) is 12.8 Å². The standard InChI is InChI=1S/C12H19NO/c1-9-6-10(2)8-11(7-9)12(13)4-3-5-14/h6-8,12,14H,3-5,13H2,1-2H3/t12-/m0/s1. The molecule has 14 heavy (non-hydrogen) atoms. The third-order valence-electron chi connectivity index (χ3n) is 2.35. The molecule has 0 fully saturated rings. The Kier molecular flexibility index (Phi) is 4.11. The minimum atomic E-state index is 0.0562. The van der Waals surface area contributed by atoms with Crippen molar-refractivity contribution in [1.29, 1.82) is 0 Å². The highest BCUT2D eigenvalue weighted by Crippen LogP contribution is 2.18. The van der Waals surface area contributed by atoms with Gasteiger partial charge in [-0.1, -0.05) is 29.3 Å². The molecule has 0 saturated heterocycles. The fraction of sp³-hybridized carbons (Fsp3) is 0.500. The van der Waals surface area contributed by atoms with Crippen molar-refractivity contribution in [3.8, 4) is 0 Å². The van der Waals surface area contributed by atoms with Crippen LogP contribution in [0.2, 0.25) is 0 Å². The van der Waals surface area contributed by atoms with Crippen LogP contribution in [0.1, 0.15) is 35.6 Å². The number of hydrogen-bond acceptors (Lipinski definition) is 2. The van der Waals surface area contributed by atoms with Gasteiger partial charge in [0.15, 0.2) is 0 Å². The van der Waals surface area contributed by atoms with Crippen molar-refractivity contribution in [3.63, 3.8) is 0 Å². The van der Waals surface area contributed by atoms with Crippen LogP contribution in [-0.2, 0) is 0 Å². The lowest BCUT2D eigenvalue weighted by Gasteiger charge is -2.12. The average molecular weight is 193 g/mol. The number of benzene rings is 1. The third-order valence-corrected chi connectivity index (χ3v) is 2.35. The van der Waals surface area contributed by atoms with Gasteiger partial charge in [-0.2, -0.15) is 0 Å². The first-order valence-corrected chi connectivity index (χ1v) is 5.08. The van der Waals surface area contributed by atoms with Gasteiger partial charge in [0.2, 0.25) is 0 Å². The molecule has 0 aliphatic heterocycles. The van der Waals surface area contributed by atoms with Gasteiger partial charge in [0.05, 0.1) is 0 Å². The van der Waals surface area contributed by atoms with Gasteiger partial charge in [-0.3, -0.25) is 0 Å². The number of hydrogen-bond donors (Lipinski definition) is 2. The van der Waals surface area contributed by atoms with Gasteiger partial charge in [-0.05, 0) is 32.3 Å². The van der Waals surface area contributed by atoms with Gasteiger partial charge in [0.25, 0.3) is 0 Å². The van der Waals surface area contributed by atoms with Crippen LogP contribution in [0.5, 0.6) is 0 Å². The molecule has 0 aromatic heterocycles. The SMILES string of the molecule is Cc1cc(C)cc([C@@H](N)CCCO)c1. The zero-order valence-corrected chi connectivity index (χ0v) is 8.96. The first-order chi connectivity index (χ1) is 6.63. The largest absolute Gasteiger partial charge is 0.396 e. The minimum absolute atomic E-state index is 0.0562. The van der Waals surface area contributed by atoms with Gasteiger partial charge in [0.1, 0.15) is 0 Å². The molecule has 1 aromatic rings. The maximum atomic E-state index is 8.72. The summed E-state index contributed by atoms with van der Waals surface area (Å²) in [5.41, 5.74) is 9.68. The first-order valence-electron chi connectivity index (χ1n) is 5.08. The Morgan fingerprint density at radius 2 is 1.79 bits per heavy atom. The molecule has 0 radical (unpaired) electrons. The van der Waals surface area contributed by atoms with Gasteiger partial charge < -0.3 is 10.8 Å². The second-order valence-electron chi connectivity index (χ2n) is 3.89. The summed E-state index contributed by atoms with van der Waals surface area (Å²) in [4.78, 5) is 0. The van der Waals surface area contributed by atoms with Crippen molar-refractivity contribution < 1.29 is 5.11 Å². The van der Waals surface area contributed by atoms with E-state index >= 15 is 0 Å². The van der Waals surface area contributed by atoms with E-state index < -0.39 is 0 Å². The molecule has 2 heteroatoms. The highest BCUT2D eigenvalue weighted by molar-refractivity contribution is 5.30. The molecule has 0 spiro atoms. The molecular weight excluding hydrogens is 174 g/mol. The molecule has 0 unspecified atom stereocenters. The fourth-order valence-corrected chi connectivity index (χ4v) is 1.70. The van der Waals surface area contributed by atoms with Crippen LogP contribution in [0.4, 0.5) is 0 Å². The van der Waals surface area contributed by atoms with E-state index in [4.69, 9.17) is 10.8 Å². The van der Waals surface area contributed by atoms with Crippen LogP contribution in [0, 0.1) is 13.8 Å². The summed E-state index contributed by atoms with van der Waals surface area (Å²) in [5.74, 6) is 0. The van der Waals surface area contributed by atoms with Crippen molar-refractivity contribution in [2.45, 2.75) is 32.7 Å². The summed E-state index contributed by atoms with van der Waals surface area (Å²) in [6, 6.07) is 6.44. The van der Waals surface area contributed by atoms with Crippen molar-refractivity contribution in [1.82, 2.24) is 0 Å². The molecule has 0 aliphatic carbocycles. The monoisotopic (exact) mass is 193 g/mol. The molecule has 0 bridgehead atoms. The molecule has 2 nitrogen and oxygen atoms in total. The van der Waals surface area contributed by atoms with E-state index in [1.807, 2.05) is 0 Å². The number of rotatable bonds is 4. The van der Waals surface area contributed by atoms with Crippen molar-refractivity contribution >= 4 is 0 Å². The van der Waals surface area contributed by atoms with Gasteiger partial charge >= 0.3 is 0 Å². The zero-order valence-electron chi connectivity index (χ0n) is 8.96. The Bertz CT molecular complexity index is 276. The zero-order chi connectivity index (χ0) is 10.6. The summed E-state index contributed by atoms with van der Waals surface area (Å²) in [6.45, 7) is 4.38. The molecule has 0 saturated carbocycles. The Morgan fingerprint density at radius 1 is 1.21 bits per heavy atom. The van der Waals surface area contributed by atoms with Crippen molar-refractivity contribution in [2.24, 2.45) is 5.73 Å². The van der Waals surface area contributed by atoms with Crippen molar-refractivity contribution in [2.75, 3.05) is 6.61 Å². The molecule has 78 valence electrons. The van der Waals surface area contributed by atoms with Crippen LogP contribution < -0.4 is 5.73 Å². The Labute approximate surface area is 85.8 Å². The maximum absolute atomic E-state index is 8.72. The molecule has 3 N–H and O–H groups in total. The van der Waals surface area contributed by atoms with E-state index in [-0.39, 0.29) is 12.6 Å². The predicted molar refractivity (Wildman–Crippen MR) is 59.2 cm³/mol. The first kappa shape index (κ1) is 11.2. The number of aliphatic hydroxyl groups excluding tert-OH is 1. The lowest BCUT2D eigenvalue weighted by Crippen LogP contribution is -2.11. The highest BCUT2D eigenvalue weighted by atomic mass is 16.2. The van der Waals surface area contributed by atoms with Crippen LogP contribution >= 0.6 is 0 Å². The van der Waals surface area contributed by atoms with Crippen LogP contribution in [0.15, 0.2) is 18.2 Å². The van der Waals surface area contributed by atoms with E-state index in [1.165, 1.54) is 16.7 Å². The number of nitrogens with two attached hydrogens (primary N) is 1. The summed E-state index contributed by atoms with van der Waals surface area (Å²) in [6.07, 6.45) is 1.62. The lowest BCUT2D eigenvalue weighted by molar-refractivity contribution is 0.280. The molecule has 1 rings (SSSR count). The molecule has 0 heterocycles. The van der Waals surface area contributed by atoms with Gasteiger partial charge in [-0.25, -0.2) is 0 Å². The second-order valence-corrected chi connectivity index (χ2v) is 3.89. The molecular formula is C12H19NO. The summed E-state index contributed by atoms with van der Waals surface area (Å²) < 4.78 is 0. The summed E-state index contributed by atoms with van der Waals surface area (Å²) in [5, 5.41) is 8.72. The third kappa shape index (κ3) is 3.13. The lowest BCUT2D eigenvalue weighted by atomic mass is 9.99. The van der Waals surface area contributed by atoms with Gasteiger partial charge in [0, 0.05) is 12.6 Å². The van der Waals surface area contributed by atoms with E-state index in [9.17, 15) is 0 Å². The second kappa shape index (κ2) is 5.13. The molecule has 0 amide bonds. The van der Waals surface area contributed by atoms with E-state index in [1.54, 1.807) is 0 Å². The predicted octanol–water partition coefficient (Wildman–Crippen LogP) is 2.08. The Balaban J connectivity index is 2.73. The van der Waals surface area contributed by atoms with Crippen molar-refractivity contribution in [3.05, 3.63) is 34.9 Å². The molecule has 1 aromatic carbocycles. The summed E-state index contributed by atoms with van der Waals surface area (Å²) >= 11 is 0. The normalized spacial score (nSPS) is 12.9. The number of aryl methyl sites for hydroxylation is 2. The van der Waals surface area contributed by atoms with E-state index in [2.05, 4.69) is 32.0 Å². The van der Waals surface area contributed by atoms with Gasteiger partial charge in [-0.15, -0.1) is 0 Å². The maximum Gasteiger partial charge on any atom is 0.0431 e. The Hall–Kier alpha value is -0.860. The molecule has 1 atom stereocenters.